The summed E-state index contributed by atoms with van der Waals surface area (Å²) in [6.07, 6.45) is 3.09. The van der Waals surface area contributed by atoms with E-state index in [4.69, 9.17) is 4.74 Å². The van der Waals surface area contributed by atoms with E-state index < -0.39 is 44.5 Å². The predicted octanol–water partition coefficient (Wildman–Crippen LogP) is 1.86. The van der Waals surface area contributed by atoms with Crippen LogP contribution in [0.1, 0.15) is 16.7 Å². The fraction of sp³-hybridized carbons (Fsp3) is 0.241. The van der Waals surface area contributed by atoms with Gasteiger partial charge in [0.05, 0.1) is 23.7 Å². The fourth-order valence-corrected chi connectivity index (χ4v) is 7.21. The molecule has 2 saturated heterocycles. The highest BCUT2D eigenvalue weighted by Gasteiger charge is 2.66. The molecule has 0 aliphatic carbocycles. The van der Waals surface area contributed by atoms with E-state index >= 15 is 0 Å². The predicted molar refractivity (Wildman–Crippen MR) is 147 cm³/mol. The number of likely N-dealkylation sites (tertiary alicyclic amines) is 1. The molecule has 6 rings (SSSR count). The van der Waals surface area contributed by atoms with Crippen molar-refractivity contribution < 1.29 is 32.6 Å². The second kappa shape index (κ2) is 9.91. The van der Waals surface area contributed by atoms with Gasteiger partial charge in [0.25, 0.3) is 17.6 Å². The summed E-state index contributed by atoms with van der Waals surface area (Å²) in [5.41, 5.74) is -1.00. The molecule has 0 bridgehead atoms. The maximum atomic E-state index is 14.2. The molecule has 12 heteroatoms. The number of hydrogen-bond acceptors (Lipinski definition) is 8. The van der Waals surface area contributed by atoms with Crippen molar-refractivity contribution in [3.63, 3.8) is 0 Å². The molecule has 0 radical (unpaired) electrons. The zero-order valence-corrected chi connectivity index (χ0v) is 22.9. The number of para-hydroxylation sites is 1. The van der Waals surface area contributed by atoms with Gasteiger partial charge < -0.3 is 19.6 Å². The van der Waals surface area contributed by atoms with E-state index in [0.717, 1.165) is 4.90 Å². The van der Waals surface area contributed by atoms with E-state index in [1.165, 1.54) is 46.7 Å². The maximum absolute atomic E-state index is 14.2. The van der Waals surface area contributed by atoms with Crippen molar-refractivity contribution in [2.24, 2.45) is 0 Å². The number of nitrogens with zero attached hydrogens (tertiary/aromatic N) is 4. The molecular weight excluding hydrogens is 548 g/mol. The third-order valence-electron chi connectivity index (χ3n) is 7.72. The number of benzene rings is 2. The third-order valence-corrected chi connectivity index (χ3v) is 9.61. The Labute approximate surface area is 236 Å². The van der Waals surface area contributed by atoms with Crippen LogP contribution in [0.2, 0.25) is 0 Å². The van der Waals surface area contributed by atoms with Gasteiger partial charge in [-0.3, -0.25) is 19.4 Å². The Morgan fingerprint density at radius 3 is 2.51 bits per heavy atom. The van der Waals surface area contributed by atoms with Crippen LogP contribution in [-0.4, -0.2) is 78.7 Å². The monoisotopic (exact) mass is 574 g/mol. The Hall–Kier alpha value is -4.39. The number of anilines is 1. The lowest BCUT2D eigenvalue weighted by molar-refractivity contribution is -0.144. The summed E-state index contributed by atoms with van der Waals surface area (Å²) in [4.78, 5) is 48.0. The number of aliphatic hydroxyl groups excluding tert-OH is 1. The van der Waals surface area contributed by atoms with E-state index in [2.05, 4.69) is 4.98 Å². The van der Waals surface area contributed by atoms with Crippen LogP contribution in [0.5, 0.6) is 0 Å². The van der Waals surface area contributed by atoms with Gasteiger partial charge in [0, 0.05) is 55.9 Å². The van der Waals surface area contributed by atoms with Crippen LogP contribution in [0.15, 0.2) is 83.5 Å². The Bertz CT molecular complexity index is 1720. The second-order valence-corrected chi connectivity index (χ2v) is 11.9. The van der Waals surface area contributed by atoms with E-state index in [0.29, 0.717) is 16.8 Å². The summed E-state index contributed by atoms with van der Waals surface area (Å²) < 4.78 is 33.2. The molecule has 1 N–H and O–H groups in total. The first-order chi connectivity index (χ1) is 19.7. The zero-order valence-electron chi connectivity index (χ0n) is 22.1. The number of sulfonamides is 1. The maximum Gasteiger partial charge on any atom is 0.296 e. The van der Waals surface area contributed by atoms with Gasteiger partial charge in [0.1, 0.15) is 5.76 Å². The highest BCUT2D eigenvalue weighted by Crippen LogP contribution is 2.53. The molecule has 1 aromatic heterocycles. The molecule has 2 fully saturated rings. The molecule has 1 atom stereocenters. The van der Waals surface area contributed by atoms with Crippen LogP contribution in [0, 0.1) is 0 Å². The second-order valence-electron chi connectivity index (χ2n) is 9.94. The summed E-state index contributed by atoms with van der Waals surface area (Å²) >= 11 is 0. The summed E-state index contributed by atoms with van der Waals surface area (Å²) in [7, 11) is -2.40. The van der Waals surface area contributed by atoms with Crippen molar-refractivity contribution in [3.8, 4) is 0 Å². The number of carbonyl (C=O) groups excluding carboxylic acids is 3. The number of ether oxygens (including phenoxy) is 1. The van der Waals surface area contributed by atoms with Gasteiger partial charge in [-0.2, -0.15) is 4.31 Å². The van der Waals surface area contributed by atoms with Crippen molar-refractivity contribution in [3.05, 3.63) is 95.3 Å². The number of ketones is 1. The van der Waals surface area contributed by atoms with Gasteiger partial charge in [-0.1, -0.05) is 36.4 Å². The van der Waals surface area contributed by atoms with E-state index in [1.807, 2.05) is 0 Å². The summed E-state index contributed by atoms with van der Waals surface area (Å²) in [6.45, 7) is 0.742. The SMILES string of the molecule is CN1C(=O)C2(/C(=C(/O)c3cccc(S(=O)(=O)N4CCOCC4)c3)C(=O)C(=O)N2Cc2cccnc2)c2ccccc21. The van der Waals surface area contributed by atoms with Crippen molar-refractivity contribution in [2.75, 3.05) is 38.3 Å². The smallest absolute Gasteiger partial charge is 0.296 e. The van der Waals surface area contributed by atoms with Gasteiger partial charge in [0.15, 0.2) is 5.54 Å². The third kappa shape index (κ3) is 3.97. The standard InChI is InChI=1S/C29H26N4O7S/c1-31-23-10-3-2-9-22(23)29(28(31)37)24(26(35)27(36)33(29)18-19-6-5-11-30-17-19)25(34)20-7-4-8-21(16-20)41(38,39)32-12-14-40-15-13-32/h2-11,16-17,34H,12-15,18H2,1H3/b25-24+. The quantitative estimate of drug-likeness (QED) is 0.277. The molecule has 2 amide bonds. The lowest BCUT2D eigenvalue weighted by Crippen LogP contribution is -2.50. The number of carbonyl (C=O) groups is 3. The normalized spacial score (nSPS) is 22.5. The van der Waals surface area contributed by atoms with Gasteiger partial charge >= 0.3 is 0 Å². The van der Waals surface area contributed by atoms with E-state index in [9.17, 15) is 27.9 Å². The molecule has 2 aromatic carbocycles. The first kappa shape index (κ1) is 26.8. The molecule has 41 heavy (non-hydrogen) atoms. The number of aromatic nitrogens is 1. The van der Waals surface area contributed by atoms with E-state index in [1.54, 1.807) is 42.6 Å². The van der Waals surface area contributed by atoms with Crippen molar-refractivity contribution in [2.45, 2.75) is 17.0 Å². The Morgan fingerprint density at radius 2 is 1.78 bits per heavy atom. The van der Waals surface area contributed by atoms with Gasteiger partial charge in [-0.05, 0) is 29.8 Å². The zero-order chi connectivity index (χ0) is 28.9. The Balaban J connectivity index is 1.56. The summed E-state index contributed by atoms with van der Waals surface area (Å²) in [6, 6.07) is 15.7. The highest BCUT2D eigenvalue weighted by atomic mass is 32.2. The van der Waals surface area contributed by atoms with Crippen LogP contribution >= 0.6 is 0 Å². The molecular formula is C29H26N4O7S. The molecule has 0 saturated carbocycles. The van der Waals surface area contributed by atoms with Crippen molar-refractivity contribution >= 4 is 39.1 Å². The van der Waals surface area contributed by atoms with Crippen molar-refractivity contribution in [1.29, 1.82) is 0 Å². The number of aliphatic hydroxyl groups is 1. The number of likely N-dealkylation sites (N-methyl/N-ethyl adjacent to an activating group) is 1. The Morgan fingerprint density at radius 1 is 1.02 bits per heavy atom. The van der Waals surface area contributed by atoms with E-state index in [-0.39, 0.29) is 43.3 Å². The molecule has 3 aliphatic heterocycles. The summed E-state index contributed by atoms with van der Waals surface area (Å²) in [5.74, 6) is -3.26. The highest BCUT2D eigenvalue weighted by molar-refractivity contribution is 7.89. The number of rotatable bonds is 5. The lowest BCUT2D eigenvalue weighted by atomic mass is 9.81. The number of amides is 2. The molecule has 210 valence electrons. The minimum atomic E-state index is -3.94. The lowest BCUT2D eigenvalue weighted by Gasteiger charge is -2.34. The molecule has 4 heterocycles. The fourth-order valence-electron chi connectivity index (χ4n) is 5.75. The number of Topliss-reactive ketones (excluding diaryl/α,β-unsaturated/α-hetero) is 1. The number of morpholine rings is 1. The van der Waals surface area contributed by atoms with Crippen molar-refractivity contribution in [1.82, 2.24) is 14.2 Å². The largest absolute Gasteiger partial charge is 0.507 e. The molecule has 11 nitrogen and oxygen atoms in total. The molecule has 1 unspecified atom stereocenters. The molecule has 1 spiro atoms. The minimum Gasteiger partial charge on any atom is -0.507 e. The minimum absolute atomic E-state index is 0.0158. The number of hydrogen-bond donors (Lipinski definition) is 1. The van der Waals surface area contributed by atoms with Crippen LogP contribution in [0.25, 0.3) is 5.76 Å². The van der Waals surface area contributed by atoms with Gasteiger partial charge in [-0.25, -0.2) is 8.42 Å². The Kier molecular flexibility index (Phi) is 6.48. The van der Waals surface area contributed by atoms with Crippen LogP contribution in [-0.2, 0) is 41.2 Å². The molecule has 3 aliphatic rings. The molecule has 3 aromatic rings. The topological polar surface area (TPSA) is 137 Å². The number of fused-ring (bicyclic) bond motifs is 2. The average molecular weight is 575 g/mol. The van der Waals surface area contributed by atoms with Crippen LogP contribution < -0.4 is 4.90 Å². The first-order valence-corrected chi connectivity index (χ1v) is 14.4. The summed E-state index contributed by atoms with van der Waals surface area (Å²) in [5, 5.41) is 11.7. The van der Waals surface area contributed by atoms with Crippen LogP contribution in [0.3, 0.4) is 0 Å². The average Bonchev–Trinajstić information content (AvgIpc) is 3.36. The number of pyridine rings is 1. The van der Waals surface area contributed by atoms with Gasteiger partial charge in [0.2, 0.25) is 10.0 Å². The van der Waals surface area contributed by atoms with Gasteiger partial charge in [-0.15, -0.1) is 0 Å². The van der Waals surface area contributed by atoms with Crippen LogP contribution in [0.4, 0.5) is 5.69 Å². The first-order valence-electron chi connectivity index (χ1n) is 12.9.